The molecule has 1 N–H and O–H groups in total. The Morgan fingerprint density at radius 2 is 1.80 bits per heavy atom. The molecule has 20 heavy (non-hydrogen) atoms. The first kappa shape index (κ1) is 14.6. The van der Waals surface area contributed by atoms with Crippen LogP contribution in [0.5, 0.6) is 0 Å². The molecule has 0 saturated heterocycles. The number of benzene rings is 1. The fourth-order valence-electron chi connectivity index (χ4n) is 1.59. The zero-order valence-corrected chi connectivity index (χ0v) is 12.3. The van der Waals surface area contributed by atoms with Gasteiger partial charge in [0.1, 0.15) is 11.6 Å². The maximum absolute atomic E-state index is 12.8. The van der Waals surface area contributed by atoms with Gasteiger partial charge in [-0.1, -0.05) is 32.9 Å². The van der Waals surface area contributed by atoms with Crippen molar-refractivity contribution in [3.05, 3.63) is 41.5 Å². The zero-order chi connectivity index (χ0) is 15.0. The van der Waals surface area contributed by atoms with E-state index in [4.69, 9.17) is 0 Å². The van der Waals surface area contributed by atoms with Gasteiger partial charge in [0.05, 0.1) is 5.75 Å². The number of hydrogen-bond donors (Lipinski definition) is 1. The van der Waals surface area contributed by atoms with Gasteiger partial charge in [-0.15, -0.1) is 5.10 Å². The van der Waals surface area contributed by atoms with Crippen molar-refractivity contribution in [2.45, 2.75) is 37.1 Å². The maximum atomic E-state index is 12.8. The van der Waals surface area contributed by atoms with E-state index in [0.29, 0.717) is 11.4 Å². The van der Waals surface area contributed by atoms with E-state index in [0.717, 1.165) is 0 Å². The second-order valence-electron chi connectivity index (χ2n) is 5.60. The highest BCUT2D eigenvalue weighted by molar-refractivity contribution is 7.90. The molecule has 2 aromatic rings. The van der Waals surface area contributed by atoms with Crippen LogP contribution in [0.25, 0.3) is 0 Å². The van der Waals surface area contributed by atoms with Gasteiger partial charge in [-0.25, -0.2) is 17.8 Å². The van der Waals surface area contributed by atoms with Crippen molar-refractivity contribution in [2.24, 2.45) is 0 Å². The van der Waals surface area contributed by atoms with Crippen LogP contribution in [0.4, 0.5) is 4.39 Å². The zero-order valence-electron chi connectivity index (χ0n) is 11.5. The number of nitrogens with one attached hydrogen (secondary N) is 1. The lowest BCUT2D eigenvalue weighted by atomic mass is 9.96. The van der Waals surface area contributed by atoms with Gasteiger partial charge < -0.3 is 0 Å². The minimum Gasteiger partial charge on any atom is -0.262 e. The van der Waals surface area contributed by atoms with Gasteiger partial charge >= 0.3 is 0 Å². The normalized spacial score (nSPS) is 12.6. The molecule has 108 valence electrons. The van der Waals surface area contributed by atoms with E-state index in [9.17, 15) is 12.8 Å². The molecule has 0 amide bonds. The summed E-state index contributed by atoms with van der Waals surface area (Å²) in [6.45, 7) is 5.72. The standard InChI is InChI=1S/C13H16FN3O2S/c1-13(2,3)11-15-12(17-16-11)20(18,19)8-9-4-6-10(14)7-5-9/h4-7H,8H2,1-3H3,(H,15,16,17). The summed E-state index contributed by atoms with van der Waals surface area (Å²) in [4.78, 5) is 4.04. The third kappa shape index (κ3) is 3.22. The van der Waals surface area contributed by atoms with E-state index in [2.05, 4.69) is 15.2 Å². The molecule has 7 heteroatoms. The Balaban J connectivity index is 2.27. The summed E-state index contributed by atoms with van der Waals surface area (Å²) >= 11 is 0. The third-order valence-corrected chi connectivity index (χ3v) is 4.18. The van der Waals surface area contributed by atoms with Gasteiger partial charge in [0.2, 0.25) is 9.84 Å². The molecule has 5 nitrogen and oxygen atoms in total. The number of sulfone groups is 1. The minimum absolute atomic E-state index is 0.230. The summed E-state index contributed by atoms with van der Waals surface area (Å²) in [6.07, 6.45) is 0. The van der Waals surface area contributed by atoms with E-state index in [-0.39, 0.29) is 16.3 Å². The fourth-order valence-corrected chi connectivity index (χ4v) is 2.76. The van der Waals surface area contributed by atoms with Crippen LogP contribution in [0.15, 0.2) is 29.4 Å². The van der Waals surface area contributed by atoms with Crippen LogP contribution in [0.3, 0.4) is 0 Å². The van der Waals surface area contributed by atoms with E-state index in [1.165, 1.54) is 24.3 Å². The van der Waals surface area contributed by atoms with Crippen molar-refractivity contribution < 1.29 is 12.8 Å². The summed E-state index contributed by atoms with van der Waals surface area (Å²) < 4.78 is 37.2. The second-order valence-corrected chi connectivity index (χ2v) is 7.49. The summed E-state index contributed by atoms with van der Waals surface area (Å²) in [6, 6.07) is 5.32. The maximum Gasteiger partial charge on any atom is 0.267 e. The molecular formula is C13H16FN3O2S. The average molecular weight is 297 g/mol. The molecule has 0 saturated carbocycles. The Morgan fingerprint density at radius 3 is 2.30 bits per heavy atom. The Hall–Kier alpha value is -1.76. The molecule has 0 unspecified atom stereocenters. The molecule has 0 aliphatic carbocycles. The lowest BCUT2D eigenvalue weighted by molar-refractivity contribution is 0.546. The van der Waals surface area contributed by atoms with Gasteiger partial charge in [0.25, 0.3) is 5.16 Å². The van der Waals surface area contributed by atoms with Crippen LogP contribution >= 0.6 is 0 Å². The van der Waals surface area contributed by atoms with Crippen molar-refractivity contribution >= 4 is 9.84 Å². The van der Waals surface area contributed by atoms with Crippen LogP contribution in [0.1, 0.15) is 32.2 Å². The van der Waals surface area contributed by atoms with E-state index < -0.39 is 15.7 Å². The lowest BCUT2D eigenvalue weighted by Crippen LogP contribution is -2.14. The predicted molar refractivity (Wildman–Crippen MR) is 72.4 cm³/mol. The number of halogens is 1. The van der Waals surface area contributed by atoms with E-state index in [1.54, 1.807) is 0 Å². The molecule has 1 heterocycles. The first-order chi connectivity index (χ1) is 9.18. The highest BCUT2D eigenvalue weighted by Gasteiger charge is 2.25. The average Bonchev–Trinajstić information content (AvgIpc) is 2.82. The van der Waals surface area contributed by atoms with Crippen LogP contribution in [0, 0.1) is 5.82 Å². The number of H-pyrrole nitrogens is 1. The summed E-state index contributed by atoms with van der Waals surface area (Å²) in [7, 11) is -3.64. The molecular weight excluding hydrogens is 281 g/mol. The number of hydrogen-bond acceptors (Lipinski definition) is 4. The second kappa shape index (κ2) is 4.97. The molecule has 1 aromatic carbocycles. The molecule has 0 radical (unpaired) electrons. The van der Waals surface area contributed by atoms with Crippen molar-refractivity contribution in [1.82, 2.24) is 15.2 Å². The third-order valence-electron chi connectivity index (χ3n) is 2.72. The lowest BCUT2D eigenvalue weighted by Gasteiger charge is -2.12. The molecule has 1 aromatic heterocycles. The first-order valence-corrected chi connectivity index (χ1v) is 7.74. The molecule has 2 rings (SSSR count). The molecule has 0 fully saturated rings. The van der Waals surface area contributed by atoms with Crippen LogP contribution in [-0.2, 0) is 21.0 Å². The first-order valence-electron chi connectivity index (χ1n) is 6.08. The van der Waals surface area contributed by atoms with E-state index >= 15 is 0 Å². The van der Waals surface area contributed by atoms with Gasteiger partial charge in [0.15, 0.2) is 0 Å². The minimum atomic E-state index is -3.64. The molecule has 0 aliphatic heterocycles. The Kier molecular flexibility index (Phi) is 3.64. The molecule has 0 aliphatic rings. The van der Waals surface area contributed by atoms with Gasteiger partial charge in [-0.2, -0.15) is 0 Å². The van der Waals surface area contributed by atoms with Gasteiger partial charge in [0, 0.05) is 5.41 Å². The quantitative estimate of drug-likeness (QED) is 0.942. The fraction of sp³-hybridized carbons (Fsp3) is 0.385. The summed E-state index contributed by atoms with van der Waals surface area (Å²) in [5, 5.41) is 6.19. The number of aromatic nitrogens is 3. The Morgan fingerprint density at radius 1 is 1.20 bits per heavy atom. The monoisotopic (exact) mass is 297 g/mol. The topological polar surface area (TPSA) is 75.7 Å². The van der Waals surface area contributed by atoms with Crippen molar-refractivity contribution in [3.8, 4) is 0 Å². The SMILES string of the molecule is CC(C)(C)c1nc(S(=O)(=O)Cc2ccc(F)cc2)n[nH]1. The highest BCUT2D eigenvalue weighted by Crippen LogP contribution is 2.20. The summed E-state index contributed by atoms with van der Waals surface area (Å²) in [5.74, 6) is -0.149. The van der Waals surface area contributed by atoms with Gasteiger partial charge in [-0.05, 0) is 17.7 Å². The highest BCUT2D eigenvalue weighted by atomic mass is 32.2. The van der Waals surface area contributed by atoms with Crippen LogP contribution < -0.4 is 0 Å². The summed E-state index contributed by atoms with van der Waals surface area (Å²) in [5.41, 5.74) is 0.185. The van der Waals surface area contributed by atoms with Crippen LogP contribution in [0.2, 0.25) is 0 Å². The van der Waals surface area contributed by atoms with Crippen molar-refractivity contribution in [1.29, 1.82) is 0 Å². The van der Waals surface area contributed by atoms with Crippen LogP contribution in [-0.4, -0.2) is 23.6 Å². The number of nitrogens with zero attached hydrogens (tertiary/aromatic N) is 2. The van der Waals surface area contributed by atoms with Crippen molar-refractivity contribution in [2.75, 3.05) is 0 Å². The largest absolute Gasteiger partial charge is 0.267 e. The number of aromatic amines is 1. The Labute approximate surface area is 117 Å². The smallest absolute Gasteiger partial charge is 0.262 e. The number of rotatable bonds is 3. The molecule has 0 atom stereocenters. The van der Waals surface area contributed by atoms with E-state index in [1.807, 2.05) is 20.8 Å². The predicted octanol–water partition coefficient (Wildman–Crippen LogP) is 2.22. The molecule has 0 bridgehead atoms. The molecule has 0 spiro atoms. The van der Waals surface area contributed by atoms with Crippen molar-refractivity contribution in [3.63, 3.8) is 0 Å². The van der Waals surface area contributed by atoms with Gasteiger partial charge in [-0.3, -0.25) is 5.10 Å². The Bertz CT molecular complexity index is 700.